The lowest BCUT2D eigenvalue weighted by Crippen LogP contribution is -2.41. The second kappa shape index (κ2) is 7.61. The largest absolute Gasteiger partial charge is 0.396 e. The summed E-state index contributed by atoms with van der Waals surface area (Å²) in [5.74, 6) is 0.720. The Morgan fingerprint density at radius 3 is 2.42 bits per heavy atom. The maximum atomic E-state index is 9.69. The van der Waals surface area contributed by atoms with Crippen molar-refractivity contribution in [1.82, 2.24) is 10.2 Å². The number of nitrogens with zero attached hydrogens (tertiary/aromatic N) is 1. The number of rotatable bonds is 7. The van der Waals surface area contributed by atoms with Crippen molar-refractivity contribution in [2.24, 2.45) is 11.3 Å². The minimum absolute atomic E-state index is 0.186. The van der Waals surface area contributed by atoms with Crippen molar-refractivity contribution in [3.63, 3.8) is 0 Å². The summed E-state index contributed by atoms with van der Waals surface area (Å²) in [6.45, 7) is 8.64. The molecule has 1 saturated carbocycles. The molecule has 1 aliphatic heterocycles. The van der Waals surface area contributed by atoms with Crippen LogP contribution in [0.1, 0.15) is 51.9 Å². The molecule has 2 N–H and O–H groups in total. The third kappa shape index (κ3) is 4.73. The molecule has 3 heteroatoms. The molecule has 0 bridgehead atoms. The molecule has 1 heterocycles. The van der Waals surface area contributed by atoms with Crippen LogP contribution >= 0.6 is 0 Å². The average Bonchev–Trinajstić information content (AvgIpc) is 2.92. The van der Waals surface area contributed by atoms with Crippen molar-refractivity contribution < 1.29 is 5.11 Å². The van der Waals surface area contributed by atoms with Crippen LogP contribution < -0.4 is 5.32 Å². The quantitative estimate of drug-likeness (QED) is 0.743. The van der Waals surface area contributed by atoms with Gasteiger partial charge in [0, 0.05) is 25.1 Å². The zero-order chi connectivity index (χ0) is 13.6. The van der Waals surface area contributed by atoms with E-state index in [-0.39, 0.29) is 5.41 Å². The summed E-state index contributed by atoms with van der Waals surface area (Å²) in [5.41, 5.74) is 0.186. The van der Waals surface area contributed by atoms with E-state index < -0.39 is 0 Å². The highest BCUT2D eigenvalue weighted by atomic mass is 16.3. The van der Waals surface area contributed by atoms with Gasteiger partial charge in [-0.2, -0.15) is 0 Å². The third-order valence-electron chi connectivity index (χ3n) is 5.01. The summed E-state index contributed by atoms with van der Waals surface area (Å²) in [6, 6.07) is 0. The fraction of sp³-hybridized carbons (Fsp3) is 1.00. The molecule has 1 unspecified atom stereocenters. The van der Waals surface area contributed by atoms with E-state index in [2.05, 4.69) is 17.1 Å². The van der Waals surface area contributed by atoms with Gasteiger partial charge < -0.3 is 15.3 Å². The SMILES string of the molecule is CC(CNCC1(CO)CCCCC1)CN1CCCC1. The van der Waals surface area contributed by atoms with E-state index in [1.54, 1.807) is 0 Å². The zero-order valence-corrected chi connectivity index (χ0v) is 12.7. The molecule has 2 aliphatic rings. The van der Waals surface area contributed by atoms with E-state index >= 15 is 0 Å². The van der Waals surface area contributed by atoms with Crippen LogP contribution in [-0.4, -0.2) is 49.3 Å². The van der Waals surface area contributed by atoms with Gasteiger partial charge in [0.2, 0.25) is 0 Å². The van der Waals surface area contributed by atoms with Gasteiger partial charge in [-0.1, -0.05) is 26.2 Å². The van der Waals surface area contributed by atoms with Gasteiger partial charge in [-0.05, 0) is 51.2 Å². The lowest BCUT2D eigenvalue weighted by Gasteiger charge is -2.36. The molecule has 1 saturated heterocycles. The van der Waals surface area contributed by atoms with E-state index in [1.807, 2.05) is 0 Å². The smallest absolute Gasteiger partial charge is 0.0499 e. The van der Waals surface area contributed by atoms with Crippen molar-refractivity contribution in [1.29, 1.82) is 0 Å². The fourth-order valence-electron chi connectivity index (χ4n) is 3.75. The maximum Gasteiger partial charge on any atom is 0.0499 e. The monoisotopic (exact) mass is 268 g/mol. The number of aliphatic hydroxyl groups is 1. The number of aliphatic hydroxyl groups excluding tert-OH is 1. The Hall–Kier alpha value is -0.120. The van der Waals surface area contributed by atoms with Gasteiger partial charge in [0.05, 0.1) is 0 Å². The Balaban J connectivity index is 1.63. The number of hydrogen-bond donors (Lipinski definition) is 2. The molecule has 0 aromatic heterocycles. The Kier molecular flexibility index (Phi) is 6.11. The van der Waals surface area contributed by atoms with Gasteiger partial charge in [-0.15, -0.1) is 0 Å². The minimum Gasteiger partial charge on any atom is -0.396 e. The summed E-state index contributed by atoms with van der Waals surface area (Å²) in [5, 5.41) is 13.3. The summed E-state index contributed by atoms with van der Waals surface area (Å²) >= 11 is 0. The Morgan fingerprint density at radius 2 is 1.79 bits per heavy atom. The second-order valence-corrected chi connectivity index (χ2v) is 6.96. The number of likely N-dealkylation sites (tertiary alicyclic amines) is 1. The molecule has 2 fully saturated rings. The molecule has 0 radical (unpaired) electrons. The van der Waals surface area contributed by atoms with Crippen molar-refractivity contribution in [2.45, 2.75) is 51.9 Å². The zero-order valence-electron chi connectivity index (χ0n) is 12.7. The highest BCUT2D eigenvalue weighted by Crippen LogP contribution is 2.35. The van der Waals surface area contributed by atoms with Crippen LogP contribution in [0.25, 0.3) is 0 Å². The van der Waals surface area contributed by atoms with Crippen molar-refractivity contribution in [2.75, 3.05) is 39.3 Å². The topological polar surface area (TPSA) is 35.5 Å². The van der Waals surface area contributed by atoms with Gasteiger partial charge >= 0.3 is 0 Å². The highest BCUT2D eigenvalue weighted by molar-refractivity contribution is 4.84. The van der Waals surface area contributed by atoms with Crippen LogP contribution in [0.15, 0.2) is 0 Å². The molecule has 2 rings (SSSR count). The summed E-state index contributed by atoms with van der Waals surface area (Å²) < 4.78 is 0. The van der Waals surface area contributed by atoms with E-state index in [4.69, 9.17) is 0 Å². The third-order valence-corrected chi connectivity index (χ3v) is 5.01. The standard InChI is InChI=1S/C16H32N2O/c1-15(12-18-9-5-6-10-18)11-17-13-16(14-19)7-3-2-4-8-16/h15,17,19H,2-14H2,1H3. The molecule has 3 nitrogen and oxygen atoms in total. The van der Waals surface area contributed by atoms with E-state index in [1.165, 1.54) is 64.6 Å². The molecule has 112 valence electrons. The molecule has 19 heavy (non-hydrogen) atoms. The van der Waals surface area contributed by atoms with Gasteiger partial charge in [-0.25, -0.2) is 0 Å². The van der Waals surface area contributed by atoms with Crippen LogP contribution in [0.3, 0.4) is 0 Å². The maximum absolute atomic E-state index is 9.69. The molecule has 0 amide bonds. The normalized spacial score (nSPS) is 25.6. The lowest BCUT2D eigenvalue weighted by molar-refractivity contribution is 0.0800. The minimum atomic E-state index is 0.186. The predicted molar refractivity (Wildman–Crippen MR) is 80.3 cm³/mol. The number of nitrogens with one attached hydrogen (secondary N) is 1. The van der Waals surface area contributed by atoms with Crippen LogP contribution in [0.2, 0.25) is 0 Å². The molecule has 0 spiro atoms. The van der Waals surface area contributed by atoms with Crippen LogP contribution in [-0.2, 0) is 0 Å². The van der Waals surface area contributed by atoms with Crippen molar-refractivity contribution in [3.05, 3.63) is 0 Å². The fourth-order valence-corrected chi connectivity index (χ4v) is 3.75. The van der Waals surface area contributed by atoms with E-state index in [0.29, 0.717) is 6.61 Å². The molecular weight excluding hydrogens is 236 g/mol. The molecular formula is C16H32N2O. The lowest BCUT2D eigenvalue weighted by atomic mass is 9.74. The van der Waals surface area contributed by atoms with E-state index in [0.717, 1.165) is 19.0 Å². The predicted octanol–water partition coefficient (Wildman–Crippen LogP) is 2.25. The summed E-state index contributed by atoms with van der Waals surface area (Å²) in [4.78, 5) is 2.59. The van der Waals surface area contributed by atoms with Gasteiger partial charge in [0.15, 0.2) is 0 Å². The Labute approximate surface area is 118 Å². The molecule has 0 aromatic rings. The van der Waals surface area contributed by atoms with Gasteiger partial charge in [-0.3, -0.25) is 0 Å². The Bertz CT molecular complexity index is 245. The Morgan fingerprint density at radius 1 is 1.11 bits per heavy atom. The van der Waals surface area contributed by atoms with E-state index in [9.17, 15) is 5.11 Å². The summed E-state index contributed by atoms with van der Waals surface area (Å²) in [6.07, 6.45) is 9.12. The first-order valence-corrected chi connectivity index (χ1v) is 8.28. The molecule has 1 atom stereocenters. The van der Waals surface area contributed by atoms with Crippen molar-refractivity contribution >= 4 is 0 Å². The van der Waals surface area contributed by atoms with Gasteiger partial charge in [0.25, 0.3) is 0 Å². The summed E-state index contributed by atoms with van der Waals surface area (Å²) in [7, 11) is 0. The van der Waals surface area contributed by atoms with Gasteiger partial charge in [0.1, 0.15) is 0 Å². The van der Waals surface area contributed by atoms with Crippen molar-refractivity contribution in [3.8, 4) is 0 Å². The van der Waals surface area contributed by atoms with Crippen LogP contribution in [0.4, 0.5) is 0 Å². The van der Waals surface area contributed by atoms with Crippen LogP contribution in [0, 0.1) is 11.3 Å². The first-order chi connectivity index (χ1) is 9.24. The first-order valence-electron chi connectivity index (χ1n) is 8.28. The van der Waals surface area contributed by atoms with Crippen LogP contribution in [0.5, 0.6) is 0 Å². The molecule has 1 aliphatic carbocycles. The second-order valence-electron chi connectivity index (χ2n) is 6.96. The average molecular weight is 268 g/mol. The first kappa shape index (κ1) is 15.3. The number of hydrogen-bond acceptors (Lipinski definition) is 3. The highest BCUT2D eigenvalue weighted by Gasteiger charge is 2.30. The molecule has 0 aromatic carbocycles.